The summed E-state index contributed by atoms with van der Waals surface area (Å²) < 4.78 is 29.4. The number of carboxylic acids is 1. The van der Waals surface area contributed by atoms with Gasteiger partial charge in [0.2, 0.25) is 5.95 Å². The second-order valence-corrected chi connectivity index (χ2v) is 9.77. The zero-order chi connectivity index (χ0) is 19.2. The molecule has 148 valence electrons. The highest BCUT2D eigenvalue weighted by Crippen LogP contribution is 2.44. The van der Waals surface area contributed by atoms with Crippen molar-refractivity contribution in [2.75, 3.05) is 31.9 Å². The summed E-state index contributed by atoms with van der Waals surface area (Å²) in [6.45, 7) is 1.40. The number of carbonyl (C=O) groups is 1. The number of anilines is 1. The molecule has 0 aromatic carbocycles. The molecule has 2 fully saturated rings. The summed E-state index contributed by atoms with van der Waals surface area (Å²) in [6, 6.07) is 0. The van der Waals surface area contributed by atoms with E-state index in [-0.39, 0.29) is 24.5 Å². The number of hydrogen-bond acceptors (Lipinski definition) is 6. The molecule has 10 heteroatoms. The summed E-state index contributed by atoms with van der Waals surface area (Å²) >= 11 is 0. The van der Waals surface area contributed by atoms with Gasteiger partial charge in [0, 0.05) is 37.8 Å². The second kappa shape index (κ2) is 6.68. The van der Waals surface area contributed by atoms with Gasteiger partial charge in [-0.1, -0.05) is 0 Å². The number of nitrogen functional groups attached to an aromatic ring is 1. The first kappa shape index (κ1) is 18.6. The van der Waals surface area contributed by atoms with E-state index in [4.69, 9.17) is 10.8 Å². The van der Waals surface area contributed by atoms with Gasteiger partial charge in [0.25, 0.3) is 10.2 Å². The Morgan fingerprint density at radius 3 is 2.67 bits per heavy atom. The smallest absolute Gasteiger partial charge is 0.306 e. The molecule has 1 aromatic heterocycles. The minimum Gasteiger partial charge on any atom is -0.481 e. The molecule has 1 atom stereocenters. The van der Waals surface area contributed by atoms with Gasteiger partial charge in [-0.2, -0.15) is 17.0 Å². The average Bonchev–Trinajstić information content (AvgIpc) is 2.99. The van der Waals surface area contributed by atoms with Gasteiger partial charge in [0.15, 0.2) is 0 Å². The van der Waals surface area contributed by atoms with Crippen molar-refractivity contribution in [3.8, 4) is 0 Å². The first-order valence-corrected chi connectivity index (χ1v) is 10.8. The molecule has 3 N–H and O–H groups in total. The van der Waals surface area contributed by atoms with Crippen LogP contribution in [-0.4, -0.2) is 64.3 Å². The van der Waals surface area contributed by atoms with E-state index in [0.29, 0.717) is 25.9 Å². The number of piperidine rings is 2. The number of nitrogens with zero attached hydrogens (tertiary/aromatic N) is 4. The molecular weight excluding hydrogens is 370 g/mol. The minimum atomic E-state index is -3.61. The van der Waals surface area contributed by atoms with Crippen molar-refractivity contribution in [1.82, 2.24) is 18.6 Å². The van der Waals surface area contributed by atoms with Crippen molar-refractivity contribution in [1.29, 1.82) is 0 Å². The third-order valence-electron chi connectivity index (χ3n) is 6.26. The monoisotopic (exact) mass is 395 g/mol. The minimum absolute atomic E-state index is 0.228. The van der Waals surface area contributed by atoms with Crippen LogP contribution in [0, 0.1) is 5.92 Å². The Morgan fingerprint density at radius 2 is 1.96 bits per heavy atom. The SMILES string of the molecule is Nc1ncc2c(n1)C1(CCCN(S(=O)(=O)N3CCC(C(=O)O)CC3)C1)CC2. The quantitative estimate of drug-likeness (QED) is 0.757. The van der Waals surface area contributed by atoms with Gasteiger partial charge in [-0.05, 0) is 44.1 Å². The van der Waals surface area contributed by atoms with E-state index >= 15 is 0 Å². The number of aromatic nitrogens is 2. The maximum Gasteiger partial charge on any atom is 0.306 e. The van der Waals surface area contributed by atoms with Crippen LogP contribution in [0.4, 0.5) is 5.95 Å². The third kappa shape index (κ3) is 3.19. The van der Waals surface area contributed by atoms with Crippen LogP contribution >= 0.6 is 0 Å². The van der Waals surface area contributed by atoms with E-state index in [2.05, 4.69) is 9.97 Å². The van der Waals surface area contributed by atoms with Gasteiger partial charge in [-0.25, -0.2) is 9.97 Å². The lowest BCUT2D eigenvalue weighted by Gasteiger charge is -2.42. The summed E-state index contributed by atoms with van der Waals surface area (Å²) in [4.78, 5) is 19.7. The lowest BCUT2D eigenvalue weighted by atomic mass is 9.78. The molecule has 9 nitrogen and oxygen atoms in total. The van der Waals surface area contributed by atoms with Crippen molar-refractivity contribution in [3.05, 3.63) is 17.5 Å². The number of rotatable bonds is 3. The van der Waals surface area contributed by atoms with Gasteiger partial charge in [0.1, 0.15) is 0 Å². The van der Waals surface area contributed by atoms with Gasteiger partial charge in [-0.15, -0.1) is 0 Å². The zero-order valence-electron chi connectivity index (χ0n) is 15.2. The highest BCUT2D eigenvalue weighted by molar-refractivity contribution is 7.86. The molecule has 4 rings (SSSR count). The van der Waals surface area contributed by atoms with Crippen LogP contribution in [0.1, 0.15) is 43.4 Å². The highest BCUT2D eigenvalue weighted by Gasteiger charge is 2.47. The van der Waals surface area contributed by atoms with E-state index in [1.165, 1.54) is 4.31 Å². The Labute approximate surface area is 158 Å². The summed E-state index contributed by atoms with van der Waals surface area (Å²) in [5, 5.41) is 9.13. The van der Waals surface area contributed by atoms with Gasteiger partial charge in [-0.3, -0.25) is 4.79 Å². The summed E-state index contributed by atoms with van der Waals surface area (Å²) in [6.07, 6.45) is 5.84. The van der Waals surface area contributed by atoms with E-state index in [9.17, 15) is 13.2 Å². The van der Waals surface area contributed by atoms with Crippen molar-refractivity contribution < 1.29 is 18.3 Å². The van der Waals surface area contributed by atoms with E-state index in [0.717, 1.165) is 36.9 Å². The fraction of sp³-hybridized carbons (Fsp3) is 0.706. The topological polar surface area (TPSA) is 130 Å². The molecule has 0 bridgehead atoms. The van der Waals surface area contributed by atoms with Crippen LogP contribution in [0.3, 0.4) is 0 Å². The van der Waals surface area contributed by atoms with Crippen molar-refractivity contribution >= 4 is 22.1 Å². The third-order valence-corrected chi connectivity index (χ3v) is 8.24. The Balaban J connectivity index is 1.54. The first-order chi connectivity index (χ1) is 12.8. The van der Waals surface area contributed by atoms with Crippen LogP contribution < -0.4 is 5.73 Å². The Kier molecular flexibility index (Phi) is 4.59. The summed E-state index contributed by atoms with van der Waals surface area (Å²) in [5.41, 5.74) is 7.45. The molecule has 2 saturated heterocycles. The van der Waals surface area contributed by atoms with Crippen molar-refractivity contribution in [2.24, 2.45) is 5.92 Å². The number of aliphatic carboxylic acids is 1. The zero-order valence-corrected chi connectivity index (χ0v) is 16.0. The van der Waals surface area contributed by atoms with Crippen LogP contribution in [0.2, 0.25) is 0 Å². The lowest BCUT2D eigenvalue weighted by Crippen LogP contribution is -2.54. The number of hydrogen-bond donors (Lipinski definition) is 2. The maximum absolute atomic E-state index is 13.2. The fourth-order valence-electron chi connectivity index (χ4n) is 4.74. The average molecular weight is 395 g/mol. The van der Waals surface area contributed by atoms with Crippen molar-refractivity contribution in [3.63, 3.8) is 0 Å². The Morgan fingerprint density at radius 1 is 1.22 bits per heavy atom. The van der Waals surface area contributed by atoms with Gasteiger partial charge < -0.3 is 10.8 Å². The van der Waals surface area contributed by atoms with Crippen LogP contribution in [0.15, 0.2) is 6.20 Å². The number of aryl methyl sites for hydroxylation is 1. The molecule has 1 aromatic rings. The lowest BCUT2D eigenvalue weighted by molar-refractivity contribution is -0.142. The first-order valence-electron chi connectivity index (χ1n) is 9.42. The van der Waals surface area contributed by atoms with Crippen LogP contribution in [-0.2, 0) is 26.8 Å². The largest absolute Gasteiger partial charge is 0.481 e. The molecule has 1 unspecified atom stereocenters. The van der Waals surface area contributed by atoms with Crippen LogP contribution in [0.5, 0.6) is 0 Å². The molecule has 0 amide bonds. The highest BCUT2D eigenvalue weighted by atomic mass is 32.2. The number of nitrogens with two attached hydrogens (primary N) is 1. The molecular formula is C17H25N5O4S. The normalized spacial score (nSPS) is 27.7. The number of fused-ring (bicyclic) bond motifs is 2. The maximum atomic E-state index is 13.2. The molecule has 27 heavy (non-hydrogen) atoms. The molecule has 2 aliphatic heterocycles. The van der Waals surface area contributed by atoms with E-state index in [1.807, 2.05) is 0 Å². The summed E-state index contributed by atoms with van der Waals surface area (Å²) in [7, 11) is -3.61. The van der Waals surface area contributed by atoms with E-state index in [1.54, 1.807) is 10.5 Å². The molecule has 0 saturated carbocycles. The van der Waals surface area contributed by atoms with E-state index < -0.39 is 22.1 Å². The summed E-state index contributed by atoms with van der Waals surface area (Å²) in [5.74, 6) is -1.07. The van der Waals surface area contributed by atoms with Gasteiger partial charge >= 0.3 is 5.97 Å². The molecule has 3 aliphatic rings. The predicted molar refractivity (Wildman–Crippen MR) is 98.1 cm³/mol. The number of carboxylic acid groups (broad SMARTS) is 1. The standard InChI is InChI=1S/C17H25N5O4S/c18-16-19-10-13-2-6-17(14(13)20-16)5-1-7-22(11-17)27(25,26)21-8-3-12(4-9-21)15(23)24/h10,12H,1-9,11H2,(H,23,24)(H2,18,19,20). The molecule has 1 spiro atoms. The Hall–Kier alpha value is -1.78. The second-order valence-electron chi connectivity index (χ2n) is 7.84. The molecule has 0 radical (unpaired) electrons. The molecule has 3 heterocycles. The molecule has 1 aliphatic carbocycles. The van der Waals surface area contributed by atoms with Crippen molar-refractivity contribution in [2.45, 2.75) is 43.9 Å². The van der Waals surface area contributed by atoms with Crippen LogP contribution in [0.25, 0.3) is 0 Å². The Bertz CT molecular complexity index is 849. The van der Waals surface area contributed by atoms with Gasteiger partial charge in [0.05, 0.1) is 11.6 Å². The predicted octanol–water partition coefficient (Wildman–Crippen LogP) is 0.380. The fourth-order valence-corrected chi connectivity index (χ4v) is 6.50.